The lowest BCUT2D eigenvalue weighted by Gasteiger charge is -2.24. The molecule has 1 aromatic rings. The molecule has 0 aliphatic carbocycles. The van der Waals surface area contributed by atoms with Gasteiger partial charge in [-0.2, -0.15) is 26.3 Å². The molecule has 0 bridgehead atoms. The Balaban J connectivity index is 2.77. The number of fused-ring (bicyclic) bond motifs is 1. The van der Waals surface area contributed by atoms with E-state index < -0.39 is 50.2 Å². The van der Waals surface area contributed by atoms with Crippen LogP contribution in [0.25, 0.3) is 0 Å². The van der Waals surface area contributed by atoms with Crippen molar-refractivity contribution in [2.75, 3.05) is 0 Å². The quantitative estimate of drug-likeness (QED) is 0.803. The highest BCUT2D eigenvalue weighted by Gasteiger charge is 2.59. The Morgan fingerprint density at radius 3 is 2.00 bits per heavy atom. The SMILES string of the molecule is O=C1NS(=O)(=O)c2cccc(C(C(F)(F)F)C(F)(F)F)c21. The summed E-state index contributed by atoms with van der Waals surface area (Å²) in [6, 6.07) is 1.91. The van der Waals surface area contributed by atoms with Crippen LogP contribution in [0.2, 0.25) is 0 Å². The van der Waals surface area contributed by atoms with Gasteiger partial charge in [0, 0.05) is 0 Å². The van der Waals surface area contributed by atoms with Crippen molar-refractivity contribution in [2.45, 2.75) is 23.2 Å². The van der Waals surface area contributed by atoms with Crippen LogP contribution in [0, 0.1) is 0 Å². The van der Waals surface area contributed by atoms with Gasteiger partial charge in [-0.25, -0.2) is 13.1 Å². The molecule has 0 aromatic heterocycles. The number of hydrogen-bond donors (Lipinski definition) is 1. The van der Waals surface area contributed by atoms with Crippen LogP contribution in [-0.2, 0) is 10.0 Å². The van der Waals surface area contributed by atoms with E-state index >= 15 is 0 Å². The van der Waals surface area contributed by atoms with Gasteiger partial charge in [-0.3, -0.25) is 4.79 Å². The molecule has 1 N–H and O–H groups in total. The largest absolute Gasteiger partial charge is 0.404 e. The molecule has 11 heteroatoms. The summed E-state index contributed by atoms with van der Waals surface area (Å²) in [5, 5.41) is 0. The van der Waals surface area contributed by atoms with Crippen LogP contribution in [-0.4, -0.2) is 26.7 Å². The number of carbonyl (C=O) groups is 1. The maximum Gasteiger partial charge on any atom is 0.404 e. The van der Waals surface area contributed by atoms with Gasteiger partial charge in [0.25, 0.3) is 15.9 Å². The zero-order valence-electron chi connectivity index (χ0n) is 9.71. The second-order valence-corrected chi connectivity index (χ2v) is 5.82. The van der Waals surface area contributed by atoms with Gasteiger partial charge in [0.15, 0.2) is 5.92 Å². The summed E-state index contributed by atoms with van der Waals surface area (Å²) in [5.41, 5.74) is -2.57. The Bertz CT molecular complexity index is 692. The second-order valence-electron chi connectivity index (χ2n) is 4.17. The lowest BCUT2D eigenvalue weighted by molar-refractivity contribution is -0.253. The van der Waals surface area contributed by atoms with Crippen LogP contribution in [0.15, 0.2) is 23.1 Å². The van der Waals surface area contributed by atoms with E-state index in [1.165, 1.54) is 4.72 Å². The maximum absolute atomic E-state index is 12.7. The number of rotatable bonds is 1. The number of nitrogens with one attached hydrogen (secondary N) is 1. The summed E-state index contributed by atoms with van der Waals surface area (Å²) in [7, 11) is -4.44. The van der Waals surface area contributed by atoms with Crippen LogP contribution in [0.1, 0.15) is 21.8 Å². The summed E-state index contributed by atoms with van der Waals surface area (Å²) < 4.78 is 100. The molecule has 4 nitrogen and oxygen atoms in total. The Morgan fingerprint density at radius 1 is 1.00 bits per heavy atom. The third-order valence-corrected chi connectivity index (χ3v) is 4.14. The van der Waals surface area contributed by atoms with Crippen LogP contribution >= 0.6 is 0 Å². The molecule has 116 valence electrons. The second kappa shape index (κ2) is 4.36. The van der Waals surface area contributed by atoms with E-state index in [4.69, 9.17) is 0 Å². The number of sulfonamides is 1. The van der Waals surface area contributed by atoms with Crippen molar-refractivity contribution < 1.29 is 39.6 Å². The molecule has 1 aliphatic heterocycles. The van der Waals surface area contributed by atoms with E-state index in [1.807, 2.05) is 0 Å². The number of halogens is 6. The van der Waals surface area contributed by atoms with Gasteiger partial charge >= 0.3 is 12.4 Å². The molecule has 0 saturated carbocycles. The van der Waals surface area contributed by atoms with Crippen molar-refractivity contribution >= 4 is 15.9 Å². The summed E-state index contributed by atoms with van der Waals surface area (Å²) >= 11 is 0. The third kappa shape index (κ3) is 2.57. The average molecular weight is 333 g/mol. The van der Waals surface area contributed by atoms with Crippen molar-refractivity contribution in [2.24, 2.45) is 0 Å². The van der Waals surface area contributed by atoms with Crippen molar-refractivity contribution in [1.29, 1.82) is 0 Å². The fourth-order valence-electron chi connectivity index (χ4n) is 2.02. The molecule has 0 saturated heterocycles. The number of carbonyl (C=O) groups excluding carboxylic acids is 1. The van der Waals surface area contributed by atoms with E-state index in [2.05, 4.69) is 0 Å². The van der Waals surface area contributed by atoms with Crippen LogP contribution in [0.4, 0.5) is 26.3 Å². The highest BCUT2D eigenvalue weighted by atomic mass is 32.2. The van der Waals surface area contributed by atoms with E-state index in [-0.39, 0.29) is 0 Å². The van der Waals surface area contributed by atoms with Gasteiger partial charge in [-0.1, -0.05) is 12.1 Å². The molecule has 2 rings (SSSR count). The lowest BCUT2D eigenvalue weighted by atomic mass is 9.92. The molecule has 0 atom stereocenters. The normalized spacial score (nSPS) is 17.8. The summed E-state index contributed by atoms with van der Waals surface area (Å²) in [6.07, 6.45) is -11.4. The predicted molar refractivity (Wildman–Crippen MR) is 55.9 cm³/mol. The van der Waals surface area contributed by atoms with Crippen molar-refractivity contribution in [3.63, 3.8) is 0 Å². The van der Waals surface area contributed by atoms with E-state index in [1.54, 1.807) is 0 Å². The molecule has 1 aliphatic rings. The van der Waals surface area contributed by atoms with Crippen molar-refractivity contribution in [1.82, 2.24) is 4.72 Å². The van der Waals surface area contributed by atoms with Crippen LogP contribution in [0.5, 0.6) is 0 Å². The Labute approximate surface area is 113 Å². The first-order valence-corrected chi connectivity index (χ1v) is 6.67. The monoisotopic (exact) mass is 333 g/mol. The first-order chi connectivity index (χ1) is 9.36. The number of hydrogen-bond acceptors (Lipinski definition) is 3. The average Bonchev–Trinajstić information content (AvgIpc) is 2.46. The zero-order valence-corrected chi connectivity index (χ0v) is 10.5. The number of amides is 1. The van der Waals surface area contributed by atoms with Crippen molar-refractivity contribution in [3.8, 4) is 0 Å². The molecule has 1 aromatic carbocycles. The highest BCUT2D eigenvalue weighted by Crippen LogP contribution is 2.48. The van der Waals surface area contributed by atoms with Crippen molar-refractivity contribution in [3.05, 3.63) is 29.3 Å². The summed E-state index contributed by atoms with van der Waals surface area (Å²) in [4.78, 5) is 10.5. The van der Waals surface area contributed by atoms with Gasteiger partial charge in [0.2, 0.25) is 0 Å². The summed E-state index contributed by atoms with van der Waals surface area (Å²) in [5.74, 6) is -5.46. The van der Waals surface area contributed by atoms with Gasteiger partial charge in [0.05, 0.1) is 5.56 Å². The first kappa shape index (κ1) is 15.6. The molecule has 21 heavy (non-hydrogen) atoms. The highest BCUT2D eigenvalue weighted by molar-refractivity contribution is 7.90. The zero-order chi connectivity index (χ0) is 16.2. The van der Waals surface area contributed by atoms with Gasteiger partial charge < -0.3 is 0 Å². The van der Waals surface area contributed by atoms with Gasteiger partial charge in [0.1, 0.15) is 4.90 Å². The number of alkyl halides is 6. The van der Waals surface area contributed by atoms with E-state index in [9.17, 15) is 39.6 Å². The first-order valence-electron chi connectivity index (χ1n) is 5.19. The molecule has 1 heterocycles. The van der Waals surface area contributed by atoms with E-state index in [0.29, 0.717) is 6.07 Å². The molecule has 0 fully saturated rings. The Kier molecular flexibility index (Phi) is 3.24. The maximum atomic E-state index is 12.7. The van der Waals surface area contributed by atoms with Crippen LogP contribution in [0.3, 0.4) is 0 Å². The molecule has 0 unspecified atom stereocenters. The fraction of sp³-hybridized carbons (Fsp3) is 0.300. The number of benzene rings is 1. The molecule has 1 amide bonds. The Hall–Kier alpha value is -1.78. The van der Waals surface area contributed by atoms with Gasteiger partial charge in [-0.15, -0.1) is 0 Å². The van der Waals surface area contributed by atoms with E-state index in [0.717, 1.165) is 12.1 Å². The molecule has 0 radical (unpaired) electrons. The van der Waals surface area contributed by atoms with Gasteiger partial charge in [-0.05, 0) is 11.6 Å². The third-order valence-electron chi connectivity index (χ3n) is 2.77. The molecular formula is C10H5F6NO3S. The predicted octanol–water partition coefficient (Wildman–Crippen LogP) is 2.33. The fourth-order valence-corrected chi connectivity index (χ4v) is 3.21. The smallest absolute Gasteiger partial charge is 0.268 e. The molecular weight excluding hydrogens is 328 g/mol. The minimum absolute atomic E-state index is 0.435. The topological polar surface area (TPSA) is 63.2 Å². The summed E-state index contributed by atoms with van der Waals surface area (Å²) in [6.45, 7) is 0. The van der Waals surface area contributed by atoms with Crippen LogP contribution < -0.4 is 4.72 Å². The minimum atomic E-state index is -5.72. The standard InChI is InChI=1S/C10H5F6NO3S/c11-9(12,13)7(10(14,15)16)4-2-1-3-5-6(4)8(18)17-21(5,19)20/h1-3,7H,(H,17,18). The Morgan fingerprint density at radius 2 is 1.52 bits per heavy atom. The molecule has 0 spiro atoms. The minimum Gasteiger partial charge on any atom is -0.268 e. The lowest BCUT2D eigenvalue weighted by Crippen LogP contribution is -2.35.